The van der Waals surface area contributed by atoms with Crippen LogP contribution in [0.1, 0.15) is 22.8 Å². The van der Waals surface area contributed by atoms with Crippen LogP contribution < -0.4 is 4.74 Å². The number of hydrogen-bond donors (Lipinski definition) is 0. The molecule has 0 amide bonds. The molecule has 0 N–H and O–H groups in total. The van der Waals surface area contributed by atoms with Gasteiger partial charge in [0.1, 0.15) is 11.5 Å². The maximum absolute atomic E-state index is 11.3. The molecule has 0 fully saturated rings. The van der Waals surface area contributed by atoms with E-state index in [1.807, 2.05) is 0 Å². The van der Waals surface area contributed by atoms with E-state index in [0.717, 1.165) is 0 Å². The number of aryl methyl sites for hydroxylation is 1. The number of carbonyl (C=O) groups excluding carboxylic acids is 1. The van der Waals surface area contributed by atoms with Crippen LogP contribution >= 0.6 is 11.6 Å². The predicted molar refractivity (Wildman–Crippen MR) is 79.4 cm³/mol. The van der Waals surface area contributed by atoms with Crippen LogP contribution in [0.15, 0.2) is 36.4 Å². The summed E-state index contributed by atoms with van der Waals surface area (Å²) >= 11 is 6.00. The summed E-state index contributed by atoms with van der Waals surface area (Å²) in [4.78, 5) is 21.6. The van der Waals surface area contributed by atoms with Crippen molar-refractivity contribution < 1.29 is 14.5 Å². The topological polar surface area (TPSA) is 69.4 Å². The number of nitro benzene ring substituents is 1. The number of nitrogens with zero attached hydrogens (tertiary/aromatic N) is 1. The van der Waals surface area contributed by atoms with Crippen molar-refractivity contribution in [1.82, 2.24) is 0 Å². The minimum Gasteiger partial charge on any atom is -0.457 e. The quantitative estimate of drug-likeness (QED) is 0.472. The Morgan fingerprint density at radius 3 is 2.33 bits per heavy atom. The zero-order chi connectivity index (χ0) is 15.6. The fourth-order valence-corrected chi connectivity index (χ4v) is 2.18. The van der Waals surface area contributed by atoms with Gasteiger partial charge in [-0.3, -0.25) is 14.9 Å². The van der Waals surface area contributed by atoms with Gasteiger partial charge in [0.15, 0.2) is 5.78 Å². The van der Waals surface area contributed by atoms with E-state index >= 15 is 0 Å². The zero-order valence-electron chi connectivity index (χ0n) is 11.4. The molecule has 2 aromatic carbocycles. The van der Waals surface area contributed by atoms with Crippen LogP contribution in [0.4, 0.5) is 5.69 Å². The first-order valence-corrected chi connectivity index (χ1v) is 6.49. The lowest BCUT2D eigenvalue weighted by Gasteiger charge is -2.08. The minimum absolute atomic E-state index is 0.0345. The Kier molecular flexibility index (Phi) is 4.23. The molecule has 0 aliphatic carbocycles. The molecule has 0 spiro atoms. The van der Waals surface area contributed by atoms with Crippen molar-refractivity contribution in [2.45, 2.75) is 13.8 Å². The third kappa shape index (κ3) is 3.38. The number of Topliss-reactive ketones (excluding diaryl/α,β-unsaturated/α-hetero) is 1. The number of halogens is 1. The van der Waals surface area contributed by atoms with Crippen LogP contribution in [0, 0.1) is 17.0 Å². The Morgan fingerprint density at radius 1 is 1.19 bits per heavy atom. The van der Waals surface area contributed by atoms with Gasteiger partial charge in [-0.25, -0.2) is 0 Å². The van der Waals surface area contributed by atoms with Gasteiger partial charge in [0.05, 0.1) is 9.95 Å². The van der Waals surface area contributed by atoms with Crippen molar-refractivity contribution in [3.8, 4) is 11.5 Å². The highest BCUT2D eigenvalue weighted by Crippen LogP contribution is 2.29. The predicted octanol–water partition coefficient (Wildman–Crippen LogP) is 4.55. The van der Waals surface area contributed by atoms with Gasteiger partial charge in [-0.1, -0.05) is 11.6 Å². The first kappa shape index (κ1) is 15.0. The Hall–Kier alpha value is -2.40. The number of benzene rings is 2. The van der Waals surface area contributed by atoms with E-state index in [9.17, 15) is 14.9 Å². The van der Waals surface area contributed by atoms with Crippen LogP contribution in [0.2, 0.25) is 5.02 Å². The lowest BCUT2D eigenvalue weighted by molar-refractivity contribution is -0.385. The molecule has 0 bridgehead atoms. The van der Waals surface area contributed by atoms with Gasteiger partial charge in [0.2, 0.25) is 0 Å². The molecule has 108 valence electrons. The highest BCUT2D eigenvalue weighted by atomic mass is 35.5. The summed E-state index contributed by atoms with van der Waals surface area (Å²) in [5.74, 6) is 0.792. The third-order valence-corrected chi connectivity index (χ3v) is 3.23. The molecule has 5 nitrogen and oxygen atoms in total. The number of rotatable bonds is 4. The van der Waals surface area contributed by atoms with Gasteiger partial charge in [0.25, 0.3) is 5.69 Å². The minimum atomic E-state index is -0.447. The lowest BCUT2D eigenvalue weighted by Crippen LogP contribution is -1.95. The van der Waals surface area contributed by atoms with Gasteiger partial charge in [-0.2, -0.15) is 0 Å². The van der Waals surface area contributed by atoms with E-state index in [2.05, 4.69) is 0 Å². The summed E-state index contributed by atoms with van der Waals surface area (Å²) in [6.07, 6.45) is 0. The van der Waals surface area contributed by atoms with Crippen molar-refractivity contribution in [2.24, 2.45) is 0 Å². The Morgan fingerprint density at radius 2 is 1.81 bits per heavy atom. The SMILES string of the molecule is CC(=O)c1ccc(Oc2ccc([N+](=O)[O-])c(C)c2)cc1Cl. The molecule has 2 aromatic rings. The first-order valence-electron chi connectivity index (χ1n) is 6.12. The van der Waals surface area contributed by atoms with Crippen molar-refractivity contribution >= 4 is 23.1 Å². The molecule has 0 saturated carbocycles. The third-order valence-electron chi connectivity index (χ3n) is 2.92. The van der Waals surface area contributed by atoms with E-state index < -0.39 is 4.92 Å². The van der Waals surface area contributed by atoms with E-state index in [4.69, 9.17) is 16.3 Å². The van der Waals surface area contributed by atoms with Crippen molar-refractivity contribution in [2.75, 3.05) is 0 Å². The summed E-state index contributed by atoms with van der Waals surface area (Å²) in [5.41, 5.74) is 0.958. The second kappa shape index (κ2) is 5.93. The molecule has 0 saturated heterocycles. The van der Waals surface area contributed by atoms with Gasteiger partial charge in [-0.05, 0) is 38.1 Å². The molecule has 0 atom stereocenters. The van der Waals surface area contributed by atoms with Gasteiger partial charge >= 0.3 is 0 Å². The summed E-state index contributed by atoms with van der Waals surface area (Å²) in [6, 6.07) is 9.21. The number of ether oxygens (including phenoxy) is 1. The summed E-state index contributed by atoms with van der Waals surface area (Å²) in [6.45, 7) is 3.07. The molecule has 0 aromatic heterocycles. The Balaban J connectivity index is 2.26. The average molecular weight is 306 g/mol. The van der Waals surface area contributed by atoms with Crippen LogP contribution in [-0.2, 0) is 0 Å². The lowest BCUT2D eigenvalue weighted by atomic mass is 10.1. The van der Waals surface area contributed by atoms with Crippen molar-refractivity contribution in [1.29, 1.82) is 0 Å². The van der Waals surface area contributed by atoms with E-state index in [-0.39, 0.29) is 11.5 Å². The number of carbonyl (C=O) groups is 1. The van der Waals surface area contributed by atoms with Crippen molar-refractivity contribution in [3.63, 3.8) is 0 Å². The standard InChI is InChI=1S/C15H12ClNO4/c1-9-7-11(4-6-15(9)17(19)20)21-12-3-5-13(10(2)18)14(16)8-12/h3-8H,1-2H3. The van der Waals surface area contributed by atoms with Crippen molar-refractivity contribution in [3.05, 3.63) is 62.7 Å². The smallest absolute Gasteiger partial charge is 0.272 e. The van der Waals surface area contributed by atoms with Crippen LogP contribution in [-0.4, -0.2) is 10.7 Å². The highest BCUT2D eigenvalue weighted by Gasteiger charge is 2.12. The number of nitro groups is 1. The van der Waals surface area contributed by atoms with E-state index in [1.54, 1.807) is 25.1 Å². The summed E-state index contributed by atoms with van der Waals surface area (Å²) in [5, 5.41) is 11.1. The summed E-state index contributed by atoms with van der Waals surface area (Å²) < 4.78 is 5.59. The molecule has 6 heteroatoms. The van der Waals surface area contributed by atoms with E-state index in [1.165, 1.54) is 25.1 Å². The van der Waals surface area contributed by atoms with Gasteiger partial charge in [-0.15, -0.1) is 0 Å². The summed E-state index contributed by atoms with van der Waals surface area (Å²) in [7, 11) is 0. The Bertz CT molecular complexity index is 666. The molecule has 0 aliphatic heterocycles. The maximum atomic E-state index is 11.3. The van der Waals surface area contributed by atoms with Gasteiger partial charge in [0, 0.05) is 23.3 Å². The normalized spacial score (nSPS) is 10.2. The average Bonchev–Trinajstić information content (AvgIpc) is 2.37. The zero-order valence-corrected chi connectivity index (χ0v) is 12.2. The highest BCUT2D eigenvalue weighted by molar-refractivity contribution is 6.34. The molecular formula is C15H12ClNO4. The van der Waals surface area contributed by atoms with Crippen LogP contribution in [0.3, 0.4) is 0 Å². The molecule has 0 unspecified atom stereocenters. The fourth-order valence-electron chi connectivity index (χ4n) is 1.88. The number of ketones is 1. The molecular weight excluding hydrogens is 294 g/mol. The van der Waals surface area contributed by atoms with Gasteiger partial charge < -0.3 is 4.74 Å². The largest absolute Gasteiger partial charge is 0.457 e. The Labute approximate surface area is 126 Å². The first-order chi connectivity index (χ1) is 9.88. The molecule has 0 aliphatic rings. The number of hydrogen-bond acceptors (Lipinski definition) is 4. The molecule has 21 heavy (non-hydrogen) atoms. The fraction of sp³-hybridized carbons (Fsp3) is 0.133. The second-order valence-corrected chi connectivity index (χ2v) is 4.91. The van der Waals surface area contributed by atoms with E-state index in [0.29, 0.717) is 27.6 Å². The molecule has 0 heterocycles. The second-order valence-electron chi connectivity index (χ2n) is 4.51. The monoisotopic (exact) mass is 305 g/mol. The van der Waals surface area contributed by atoms with Crippen LogP contribution in [0.5, 0.6) is 11.5 Å². The molecule has 0 radical (unpaired) electrons. The molecule has 2 rings (SSSR count). The van der Waals surface area contributed by atoms with Crippen LogP contribution in [0.25, 0.3) is 0 Å². The maximum Gasteiger partial charge on any atom is 0.272 e.